The van der Waals surface area contributed by atoms with E-state index in [-0.39, 0.29) is 25.7 Å². The summed E-state index contributed by atoms with van der Waals surface area (Å²) in [6, 6.07) is 0. The number of phosphoric acid groups is 2. The van der Waals surface area contributed by atoms with Crippen LogP contribution in [0, 0.1) is 11.8 Å². The van der Waals surface area contributed by atoms with Crippen molar-refractivity contribution in [2.24, 2.45) is 11.8 Å². The van der Waals surface area contributed by atoms with Crippen molar-refractivity contribution < 1.29 is 80.2 Å². The van der Waals surface area contributed by atoms with Gasteiger partial charge in [-0.15, -0.1) is 0 Å². The molecule has 4 unspecified atom stereocenters. The molecule has 0 aliphatic carbocycles. The smallest absolute Gasteiger partial charge is 0.462 e. The Balaban J connectivity index is 5.25. The molecule has 0 aromatic heterocycles. The van der Waals surface area contributed by atoms with E-state index in [0.29, 0.717) is 25.7 Å². The zero-order valence-electron chi connectivity index (χ0n) is 52.8. The number of ether oxygens (including phenoxy) is 4. The number of rotatable bonds is 62. The second-order valence-corrected chi connectivity index (χ2v) is 26.2. The van der Waals surface area contributed by atoms with Crippen LogP contribution in [-0.2, 0) is 65.4 Å². The molecule has 0 heterocycles. The highest BCUT2D eigenvalue weighted by atomic mass is 31.2. The van der Waals surface area contributed by atoms with Gasteiger partial charge in [0.15, 0.2) is 12.2 Å². The van der Waals surface area contributed by atoms with E-state index < -0.39 is 97.5 Å². The Morgan fingerprint density at radius 2 is 0.585 bits per heavy atom. The average molecular weight is 1210 g/mol. The van der Waals surface area contributed by atoms with Gasteiger partial charge in [-0.3, -0.25) is 37.3 Å². The predicted octanol–water partition coefficient (Wildman–Crippen LogP) is 17.3. The highest BCUT2D eigenvalue weighted by molar-refractivity contribution is 7.47. The maximum atomic E-state index is 13.0. The van der Waals surface area contributed by atoms with Gasteiger partial charge in [0.25, 0.3) is 0 Å². The summed E-state index contributed by atoms with van der Waals surface area (Å²) in [5, 5.41) is 10.5. The Bertz CT molecular complexity index is 1620. The Hall–Kier alpha value is -1.94. The number of aliphatic hydroxyl groups excluding tert-OH is 1. The molecule has 0 saturated heterocycles. The van der Waals surface area contributed by atoms with E-state index in [1.807, 2.05) is 0 Å². The SMILES string of the molecule is CCCCCCCCCCCCCCC(=O)O[C@H](COC(=O)CCCCCCCCC(C)CC)COP(=O)(O)OC[C@@H](O)COP(=O)(O)OC[C@@H](COC(=O)CCCCCCCCCCCC)OC(=O)CCCCCCCCC(C)CC. The molecule has 0 aliphatic heterocycles. The third-order valence-corrected chi connectivity index (χ3v) is 17.1. The molecule has 0 aliphatic rings. The molecular formula is C63H122O17P2. The quantitative estimate of drug-likeness (QED) is 0.0222. The van der Waals surface area contributed by atoms with Crippen LogP contribution in [0.2, 0.25) is 0 Å². The molecule has 7 atom stereocenters. The summed E-state index contributed by atoms with van der Waals surface area (Å²) in [7, 11) is -9.88. The van der Waals surface area contributed by atoms with Crippen LogP contribution in [0.25, 0.3) is 0 Å². The molecule has 0 fully saturated rings. The minimum Gasteiger partial charge on any atom is -0.462 e. The second-order valence-electron chi connectivity index (χ2n) is 23.3. The van der Waals surface area contributed by atoms with Crippen LogP contribution in [0.5, 0.6) is 0 Å². The molecule has 0 aromatic rings. The number of aliphatic hydroxyl groups is 1. The first-order chi connectivity index (χ1) is 39.4. The van der Waals surface area contributed by atoms with E-state index in [1.165, 1.54) is 122 Å². The molecule has 0 rings (SSSR count). The zero-order chi connectivity index (χ0) is 60.8. The first-order valence-electron chi connectivity index (χ1n) is 33.1. The number of hydrogen-bond donors (Lipinski definition) is 3. The van der Waals surface area contributed by atoms with Crippen molar-refractivity contribution in [3.63, 3.8) is 0 Å². The van der Waals surface area contributed by atoms with Gasteiger partial charge in [-0.25, -0.2) is 9.13 Å². The lowest BCUT2D eigenvalue weighted by molar-refractivity contribution is -0.161. The van der Waals surface area contributed by atoms with E-state index in [1.54, 1.807) is 0 Å². The maximum Gasteiger partial charge on any atom is 0.472 e. The van der Waals surface area contributed by atoms with Crippen molar-refractivity contribution in [3.05, 3.63) is 0 Å². The molecule has 0 saturated carbocycles. The summed E-state index contributed by atoms with van der Waals surface area (Å²) in [6.45, 7) is 9.39. The van der Waals surface area contributed by atoms with Crippen molar-refractivity contribution in [1.82, 2.24) is 0 Å². The van der Waals surface area contributed by atoms with Gasteiger partial charge in [-0.05, 0) is 37.5 Å². The van der Waals surface area contributed by atoms with Crippen molar-refractivity contribution in [3.8, 4) is 0 Å². The standard InChI is InChI=1S/C63H122O17P2/c1-7-11-13-15-17-19-21-22-24-26-35-41-47-62(67)79-58(52-74-61(66)46-40-34-29-27-31-37-43-55(5)9-3)53-77-81(69,70)75-49-57(64)50-76-82(71,72)78-54-59(80-63(68)48-42-36-30-28-32-38-44-56(6)10-4)51-73-60(65)45-39-33-25-23-20-18-16-14-12-8-2/h55-59,64H,7-54H2,1-6H3,(H,69,70)(H,71,72)/t55?,56?,57-,58-,59-/m1/s1. The van der Waals surface area contributed by atoms with Crippen LogP contribution < -0.4 is 0 Å². The number of unbranched alkanes of at least 4 members (excludes halogenated alkanes) is 30. The average Bonchev–Trinajstić information content (AvgIpc) is 3.46. The van der Waals surface area contributed by atoms with Gasteiger partial charge in [0.2, 0.25) is 0 Å². The Morgan fingerprint density at radius 1 is 0.341 bits per heavy atom. The van der Waals surface area contributed by atoms with Crippen LogP contribution in [0.15, 0.2) is 0 Å². The van der Waals surface area contributed by atoms with Crippen LogP contribution in [0.1, 0.15) is 311 Å². The Morgan fingerprint density at radius 3 is 0.866 bits per heavy atom. The van der Waals surface area contributed by atoms with E-state index >= 15 is 0 Å². The van der Waals surface area contributed by atoms with Crippen LogP contribution >= 0.6 is 15.6 Å². The lowest BCUT2D eigenvalue weighted by atomic mass is 10.00. The second kappa shape index (κ2) is 55.6. The Kier molecular flexibility index (Phi) is 54.3. The molecule has 0 amide bonds. The summed E-state index contributed by atoms with van der Waals surface area (Å²) >= 11 is 0. The van der Waals surface area contributed by atoms with Gasteiger partial charge >= 0.3 is 39.5 Å². The number of hydrogen-bond acceptors (Lipinski definition) is 15. The number of carbonyl (C=O) groups is 4. The zero-order valence-corrected chi connectivity index (χ0v) is 54.6. The summed E-state index contributed by atoms with van der Waals surface area (Å²) < 4.78 is 67.9. The van der Waals surface area contributed by atoms with Gasteiger partial charge in [-0.2, -0.15) is 0 Å². The summed E-state index contributed by atoms with van der Waals surface area (Å²) in [5.41, 5.74) is 0. The largest absolute Gasteiger partial charge is 0.472 e. The minimum atomic E-state index is -4.94. The third kappa shape index (κ3) is 54.7. The van der Waals surface area contributed by atoms with E-state index in [0.717, 1.165) is 108 Å². The number of carbonyl (C=O) groups excluding carboxylic acids is 4. The van der Waals surface area contributed by atoms with Gasteiger partial charge in [0.05, 0.1) is 26.4 Å². The van der Waals surface area contributed by atoms with Crippen molar-refractivity contribution in [2.75, 3.05) is 39.6 Å². The molecule has 0 radical (unpaired) electrons. The minimum absolute atomic E-state index is 0.103. The summed E-state index contributed by atoms with van der Waals surface area (Å²) in [5.74, 6) is -0.686. The first-order valence-corrected chi connectivity index (χ1v) is 36.1. The fraction of sp³-hybridized carbons (Fsp3) is 0.937. The number of esters is 4. The third-order valence-electron chi connectivity index (χ3n) is 15.2. The highest BCUT2D eigenvalue weighted by Crippen LogP contribution is 2.45. The molecule has 0 spiro atoms. The van der Waals surface area contributed by atoms with E-state index in [4.69, 9.17) is 37.0 Å². The molecule has 486 valence electrons. The van der Waals surface area contributed by atoms with E-state index in [2.05, 4.69) is 41.5 Å². The molecule has 3 N–H and O–H groups in total. The predicted molar refractivity (Wildman–Crippen MR) is 326 cm³/mol. The van der Waals surface area contributed by atoms with Crippen molar-refractivity contribution >= 4 is 39.5 Å². The van der Waals surface area contributed by atoms with Crippen LogP contribution in [0.4, 0.5) is 0 Å². The van der Waals surface area contributed by atoms with Crippen molar-refractivity contribution in [1.29, 1.82) is 0 Å². The van der Waals surface area contributed by atoms with Gasteiger partial charge < -0.3 is 33.8 Å². The van der Waals surface area contributed by atoms with Crippen LogP contribution in [0.3, 0.4) is 0 Å². The van der Waals surface area contributed by atoms with Crippen molar-refractivity contribution in [2.45, 2.75) is 330 Å². The van der Waals surface area contributed by atoms with Gasteiger partial charge in [0.1, 0.15) is 19.3 Å². The maximum absolute atomic E-state index is 13.0. The van der Waals surface area contributed by atoms with E-state index in [9.17, 15) is 43.2 Å². The fourth-order valence-corrected chi connectivity index (χ4v) is 10.9. The molecule has 0 aromatic carbocycles. The lowest BCUT2D eigenvalue weighted by Gasteiger charge is -2.21. The molecule has 0 bridgehead atoms. The van der Waals surface area contributed by atoms with Gasteiger partial charge in [0, 0.05) is 25.7 Å². The first kappa shape index (κ1) is 80.1. The number of phosphoric ester groups is 2. The molecule has 17 nitrogen and oxygen atoms in total. The highest BCUT2D eigenvalue weighted by Gasteiger charge is 2.30. The Labute approximate surface area is 498 Å². The normalized spacial score (nSPS) is 15.0. The molecular weight excluding hydrogens is 1090 g/mol. The topological polar surface area (TPSA) is 237 Å². The summed E-state index contributed by atoms with van der Waals surface area (Å²) in [6.07, 6.45) is 37.5. The fourth-order valence-electron chi connectivity index (χ4n) is 9.29. The molecule has 82 heavy (non-hydrogen) atoms. The lowest BCUT2D eigenvalue weighted by Crippen LogP contribution is -2.30. The summed E-state index contributed by atoms with van der Waals surface area (Å²) in [4.78, 5) is 72.1. The van der Waals surface area contributed by atoms with Gasteiger partial charge in [-0.1, -0.05) is 260 Å². The molecule has 19 heteroatoms. The monoisotopic (exact) mass is 1210 g/mol. The van der Waals surface area contributed by atoms with Crippen LogP contribution in [-0.4, -0.2) is 96.7 Å².